The number of rotatable bonds is 17. The molecule has 0 aliphatic heterocycles. The summed E-state index contributed by atoms with van der Waals surface area (Å²) in [4.78, 5) is 38.7. The molecule has 0 unspecified atom stereocenters. The van der Waals surface area contributed by atoms with Gasteiger partial charge in [-0.15, -0.1) is 0 Å². The van der Waals surface area contributed by atoms with Crippen molar-refractivity contribution in [2.75, 3.05) is 14.2 Å². The highest BCUT2D eigenvalue weighted by atomic mass is 16.5. The maximum absolute atomic E-state index is 13.4. The van der Waals surface area contributed by atoms with Crippen LogP contribution in [0.25, 0.3) is 0 Å². The Kier molecular flexibility index (Phi) is 13.4. The minimum atomic E-state index is -0.962. The number of phenols is 2. The molecule has 0 bridgehead atoms. The van der Waals surface area contributed by atoms with Gasteiger partial charge < -0.3 is 19.7 Å². The summed E-state index contributed by atoms with van der Waals surface area (Å²) in [6.45, 7) is 2.23. The molecule has 0 atom stereocenters. The Morgan fingerprint density at radius 3 is 1.71 bits per heavy atom. The predicted molar refractivity (Wildman–Crippen MR) is 147 cm³/mol. The number of para-hydroxylation sites is 1. The van der Waals surface area contributed by atoms with Crippen molar-refractivity contribution in [3.05, 3.63) is 58.1 Å². The molecule has 0 saturated carbocycles. The number of carbonyl (C=O) groups is 3. The van der Waals surface area contributed by atoms with Crippen molar-refractivity contribution in [3.8, 4) is 11.5 Å². The summed E-state index contributed by atoms with van der Waals surface area (Å²) in [5, 5.41) is 21.2. The highest BCUT2D eigenvalue weighted by Gasteiger charge is 2.32. The van der Waals surface area contributed by atoms with E-state index in [4.69, 9.17) is 9.47 Å². The van der Waals surface area contributed by atoms with Gasteiger partial charge in [0.25, 0.3) is 0 Å². The van der Waals surface area contributed by atoms with Gasteiger partial charge in [0.15, 0.2) is 5.78 Å². The molecular weight excluding hydrogens is 484 g/mol. The number of hydrogen-bond donors (Lipinski definition) is 2. The Balaban J connectivity index is 2.15. The first-order chi connectivity index (χ1) is 18.4. The largest absolute Gasteiger partial charge is 0.507 e. The van der Waals surface area contributed by atoms with E-state index in [1.807, 2.05) is 0 Å². The zero-order valence-corrected chi connectivity index (χ0v) is 23.0. The molecule has 0 spiro atoms. The summed E-state index contributed by atoms with van der Waals surface area (Å²) in [7, 11) is 2.25. The fourth-order valence-electron chi connectivity index (χ4n) is 4.68. The second-order valence-electron chi connectivity index (χ2n) is 9.65. The van der Waals surface area contributed by atoms with Crippen LogP contribution in [0.5, 0.6) is 11.5 Å². The molecule has 2 rings (SSSR count). The minimum absolute atomic E-state index is 0.0320. The van der Waals surface area contributed by atoms with Crippen LogP contribution in [0, 0.1) is 0 Å². The van der Waals surface area contributed by atoms with Gasteiger partial charge >= 0.3 is 11.9 Å². The molecule has 0 saturated heterocycles. The lowest BCUT2D eigenvalue weighted by Crippen LogP contribution is -2.19. The Morgan fingerprint density at radius 2 is 1.18 bits per heavy atom. The predicted octanol–water partition coefficient (Wildman–Crippen LogP) is 7.15. The lowest BCUT2D eigenvalue weighted by atomic mass is 9.89. The van der Waals surface area contributed by atoms with Gasteiger partial charge in [-0.25, -0.2) is 9.59 Å². The van der Waals surface area contributed by atoms with Crippen LogP contribution in [0.1, 0.15) is 126 Å². The molecule has 0 aliphatic rings. The van der Waals surface area contributed by atoms with Crippen LogP contribution in [0.2, 0.25) is 0 Å². The fourth-order valence-corrected chi connectivity index (χ4v) is 4.68. The third-order valence-electron chi connectivity index (χ3n) is 6.85. The zero-order valence-electron chi connectivity index (χ0n) is 23.0. The molecule has 0 aliphatic carbocycles. The molecule has 0 heterocycles. The van der Waals surface area contributed by atoms with Crippen LogP contribution in [0.3, 0.4) is 0 Å². The van der Waals surface area contributed by atoms with Crippen LogP contribution < -0.4 is 0 Å². The zero-order chi connectivity index (χ0) is 27.9. The Labute approximate surface area is 226 Å². The summed E-state index contributed by atoms with van der Waals surface area (Å²) < 4.78 is 9.65. The van der Waals surface area contributed by atoms with E-state index in [0.717, 1.165) is 39.9 Å². The summed E-state index contributed by atoms with van der Waals surface area (Å²) in [5.74, 6) is -3.23. The molecule has 7 heteroatoms. The molecular formula is C31H42O7. The molecule has 2 N–H and O–H groups in total. The number of aryl methyl sites for hydroxylation is 1. The number of carbonyl (C=O) groups excluding carboxylic acids is 3. The van der Waals surface area contributed by atoms with Gasteiger partial charge in [-0.05, 0) is 36.6 Å². The SMILES string of the molecule is CCCCCCCCCCCCCCc1cc(C(=O)c2ccccc2O)c(C(=O)OC)c(C(=O)OC)c1O. The Hall–Kier alpha value is -3.35. The van der Waals surface area contributed by atoms with Crippen LogP contribution in [0.4, 0.5) is 0 Å². The molecule has 0 radical (unpaired) electrons. The summed E-state index contributed by atoms with van der Waals surface area (Å²) in [6, 6.07) is 7.36. The molecule has 2 aromatic rings. The summed E-state index contributed by atoms with van der Waals surface area (Å²) in [6.07, 6.45) is 14.6. The van der Waals surface area contributed by atoms with Crippen molar-refractivity contribution >= 4 is 17.7 Å². The first kappa shape index (κ1) is 30.9. The van der Waals surface area contributed by atoms with E-state index < -0.39 is 29.0 Å². The third-order valence-corrected chi connectivity index (χ3v) is 6.85. The van der Waals surface area contributed by atoms with E-state index in [-0.39, 0.29) is 22.4 Å². The van der Waals surface area contributed by atoms with E-state index in [2.05, 4.69) is 6.92 Å². The number of hydrogen-bond acceptors (Lipinski definition) is 7. The smallest absolute Gasteiger partial charge is 0.342 e. The third kappa shape index (κ3) is 8.61. The van der Waals surface area contributed by atoms with Crippen molar-refractivity contribution in [1.29, 1.82) is 0 Å². The highest BCUT2D eigenvalue weighted by Crippen LogP contribution is 2.34. The van der Waals surface area contributed by atoms with Crippen LogP contribution in [0.15, 0.2) is 30.3 Å². The maximum Gasteiger partial charge on any atom is 0.342 e. The van der Waals surface area contributed by atoms with Crippen molar-refractivity contribution in [2.45, 2.75) is 90.4 Å². The Morgan fingerprint density at radius 1 is 0.684 bits per heavy atom. The molecule has 2 aromatic carbocycles. The fraction of sp³-hybridized carbons (Fsp3) is 0.516. The number of unbranched alkanes of at least 4 members (excludes halogenated alkanes) is 11. The van der Waals surface area contributed by atoms with Gasteiger partial charge in [-0.2, -0.15) is 0 Å². The van der Waals surface area contributed by atoms with Gasteiger partial charge in [-0.1, -0.05) is 89.7 Å². The van der Waals surface area contributed by atoms with Gasteiger partial charge in [0.2, 0.25) is 0 Å². The lowest BCUT2D eigenvalue weighted by Gasteiger charge is -2.17. The van der Waals surface area contributed by atoms with Crippen molar-refractivity contribution in [1.82, 2.24) is 0 Å². The number of aromatic hydroxyl groups is 2. The average Bonchev–Trinajstić information content (AvgIpc) is 2.93. The number of phenolic OH excluding ortho intramolecular Hbond substituents is 2. The van der Waals surface area contributed by atoms with Crippen molar-refractivity contribution in [3.63, 3.8) is 0 Å². The first-order valence-corrected chi connectivity index (χ1v) is 13.7. The number of esters is 2. The monoisotopic (exact) mass is 526 g/mol. The number of ketones is 1. The van der Waals surface area contributed by atoms with E-state index in [1.165, 1.54) is 69.6 Å². The van der Waals surface area contributed by atoms with Crippen molar-refractivity contribution in [2.24, 2.45) is 0 Å². The molecule has 38 heavy (non-hydrogen) atoms. The lowest BCUT2D eigenvalue weighted by molar-refractivity contribution is 0.0550. The van der Waals surface area contributed by atoms with Crippen molar-refractivity contribution < 1.29 is 34.1 Å². The number of ether oxygens (including phenoxy) is 2. The van der Waals surface area contributed by atoms with Gasteiger partial charge in [-0.3, -0.25) is 4.79 Å². The average molecular weight is 527 g/mol. The topological polar surface area (TPSA) is 110 Å². The molecule has 208 valence electrons. The second kappa shape index (κ2) is 16.5. The molecule has 0 aromatic heterocycles. The van der Waals surface area contributed by atoms with Gasteiger partial charge in [0.05, 0.1) is 25.3 Å². The molecule has 0 amide bonds. The second-order valence-corrected chi connectivity index (χ2v) is 9.65. The molecule has 7 nitrogen and oxygen atoms in total. The van der Waals surface area contributed by atoms with E-state index in [1.54, 1.807) is 12.1 Å². The number of benzene rings is 2. The van der Waals surface area contributed by atoms with Crippen LogP contribution in [-0.4, -0.2) is 42.2 Å². The van der Waals surface area contributed by atoms with Gasteiger partial charge in [0, 0.05) is 5.56 Å². The van der Waals surface area contributed by atoms with E-state index in [9.17, 15) is 24.6 Å². The Bertz CT molecular complexity index is 1070. The summed E-state index contributed by atoms with van der Waals surface area (Å²) >= 11 is 0. The van der Waals surface area contributed by atoms with Gasteiger partial charge in [0.1, 0.15) is 17.1 Å². The van der Waals surface area contributed by atoms with E-state index >= 15 is 0 Å². The standard InChI is InChI=1S/C31H42O7/c1-4-5-6-7-8-9-10-11-12-13-14-15-18-22-21-24(29(34)23-19-16-17-20-25(23)32)26(30(35)37-2)27(28(22)33)31(36)38-3/h16-17,19-21,32-33H,4-15,18H2,1-3H3. The maximum atomic E-state index is 13.4. The first-order valence-electron chi connectivity index (χ1n) is 13.7. The van der Waals surface area contributed by atoms with Crippen LogP contribution in [-0.2, 0) is 15.9 Å². The highest BCUT2D eigenvalue weighted by molar-refractivity contribution is 6.19. The number of methoxy groups -OCH3 is 2. The minimum Gasteiger partial charge on any atom is -0.507 e. The van der Waals surface area contributed by atoms with E-state index in [0.29, 0.717) is 12.0 Å². The van der Waals surface area contributed by atoms with Crippen LogP contribution >= 0.6 is 0 Å². The quantitative estimate of drug-likeness (QED) is 0.128. The normalized spacial score (nSPS) is 10.8. The summed E-state index contributed by atoms with van der Waals surface area (Å²) in [5.41, 5.74) is -0.594. The molecule has 0 fully saturated rings.